The lowest BCUT2D eigenvalue weighted by atomic mass is 9.87. The predicted molar refractivity (Wildman–Crippen MR) is 112 cm³/mol. The summed E-state index contributed by atoms with van der Waals surface area (Å²) in [6, 6.07) is 20.4. The van der Waals surface area contributed by atoms with Gasteiger partial charge in [0.15, 0.2) is 5.65 Å². The van der Waals surface area contributed by atoms with Crippen LogP contribution < -0.4 is 4.90 Å². The summed E-state index contributed by atoms with van der Waals surface area (Å²) < 4.78 is 1.93. The Balaban J connectivity index is 1.44. The molecule has 1 atom stereocenters. The highest BCUT2D eigenvalue weighted by atomic mass is 16.3. The molecule has 4 aromatic rings. The lowest BCUT2D eigenvalue weighted by Gasteiger charge is -2.35. The van der Waals surface area contributed by atoms with E-state index in [0.29, 0.717) is 0 Å². The number of anilines is 1. The molecule has 5 nitrogen and oxygen atoms in total. The third-order valence-electron chi connectivity index (χ3n) is 5.83. The minimum atomic E-state index is -0.395. The molecule has 0 bridgehead atoms. The summed E-state index contributed by atoms with van der Waals surface area (Å²) in [4.78, 5) is 7.30. The Morgan fingerprint density at radius 1 is 1.00 bits per heavy atom. The second-order valence-corrected chi connectivity index (χ2v) is 7.69. The van der Waals surface area contributed by atoms with E-state index in [1.165, 1.54) is 0 Å². The average molecular weight is 372 g/mol. The van der Waals surface area contributed by atoms with E-state index in [4.69, 9.17) is 4.98 Å². The number of aromatic nitrogens is 3. The van der Waals surface area contributed by atoms with Gasteiger partial charge in [0.05, 0.1) is 17.3 Å². The summed E-state index contributed by atoms with van der Waals surface area (Å²) in [6.07, 6.45) is 1.51. The number of fused-ring (bicyclic) bond motifs is 3. The maximum Gasteiger partial charge on any atom is 0.158 e. The molecular formula is C23H24N4O. The van der Waals surface area contributed by atoms with Crippen LogP contribution >= 0.6 is 0 Å². The van der Waals surface area contributed by atoms with E-state index in [2.05, 4.69) is 28.2 Å². The van der Waals surface area contributed by atoms with Gasteiger partial charge < -0.3 is 10.0 Å². The van der Waals surface area contributed by atoms with Crippen LogP contribution in [0.25, 0.3) is 16.6 Å². The summed E-state index contributed by atoms with van der Waals surface area (Å²) in [6.45, 7) is 3.79. The summed E-state index contributed by atoms with van der Waals surface area (Å²) in [5.41, 5.74) is 3.96. The molecule has 1 saturated heterocycles. The Bertz CT molecular complexity index is 1110. The maximum atomic E-state index is 10.8. The van der Waals surface area contributed by atoms with Crippen molar-refractivity contribution in [3.8, 4) is 0 Å². The maximum absolute atomic E-state index is 10.8. The SMILES string of the molecule is Cc1cc2nc(N3CCC([C@H](O)c4ccccc4)CC3)c3ccccc3n2n1. The van der Waals surface area contributed by atoms with Crippen LogP contribution in [0.2, 0.25) is 0 Å². The number of hydrogen-bond acceptors (Lipinski definition) is 4. The zero-order valence-electron chi connectivity index (χ0n) is 16.0. The highest BCUT2D eigenvalue weighted by Crippen LogP contribution is 2.34. The summed E-state index contributed by atoms with van der Waals surface area (Å²) in [5.74, 6) is 1.31. The van der Waals surface area contributed by atoms with Gasteiger partial charge in [0.2, 0.25) is 0 Å². The van der Waals surface area contributed by atoms with E-state index >= 15 is 0 Å². The third-order valence-corrected chi connectivity index (χ3v) is 5.83. The van der Waals surface area contributed by atoms with Crippen LogP contribution in [0.5, 0.6) is 0 Å². The van der Waals surface area contributed by atoms with Gasteiger partial charge in [-0.05, 0) is 43.4 Å². The fourth-order valence-corrected chi connectivity index (χ4v) is 4.35. The van der Waals surface area contributed by atoms with Crippen LogP contribution in [0.1, 0.15) is 30.2 Å². The Morgan fingerprint density at radius 2 is 1.71 bits per heavy atom. The number of piperidine rings is 1. The second kappa shape index (κ2) is 6.91. The smallest absolute Gasteiger partial charge is 0.158 e. The van der Waals surface area contributed by atoms with Crippen LogP contribution in [0.3, 0.4) is 0 Å². The quantitative estimate of drug-likeness (QED) is 0.587. The van der Waals surface area contributed by atoms with Crippen LogP contribution in [-0.2, 0) is 0 Å². The van der Waals surface area contributed by atoms with Gasteiger partial charge in [0.1, 0.15) is 5.82 Å². The predicted octanol–water partition coefficient (Wildman–Crippen LogP) is 4.14. The van der Waals surface area contributed by atoms with Crippen molar-refractivity contribution in [1.82, 2.24) is 14.6 Å². The number of aliphatic hydroxyl groups excluding tert-OH is 1. The van der Waals surface area contributed by atoms with Crippen molar-refractivity contribution < 1.29 is 5.11 Å². The molecule has 2 aromatic carbocycles. The number of aliphatic hydroxyl groups is 1. The van der Waals surface area contributed by atoms with Gasteiger partial charge in [-0.3, -0.25) is 0 Å². The second-order valence-electron chi connectivity index (χ2n) is 7.69. The molecule has 0 aliphatic carbocycles. The van der Waals surface area contributed by atoms with Crippen molar-refractivity contribution in [3.05, 3.63) is 71.9 Å². The standard InChI is InChI=1S/C23H24N4O/c1-16-15-21-24-23(19-9-5-6-10-20(19)27(21)25-16)26-13-11-18(12-14-26)22(28)17-7-3-2-4-8-17/h2-10,15,18,22,28H,11-14H2,1H3/t22-/m1/s1. The van der Waals surface area contributed by atoms with Crippen LogP contribution in [0.4, 0.5) is 5.82 Å². The Morgan fingerprint density at radius 3 is 2.50 bits per heavy atom. The lowest BCUT2D eigenvalue weighted by molar-refractivity contribution is 0.0929. The van der Waals surface area contributed by atoms with Crippen molar-refractivity contribution in [1.29, 1.82) is 0 Å². The zero-order chi connectivity index (χ0) is 19.1. The van der Waals surface area contributed by atoms with Crippen molar-refractivity contribution in [2.45, 2.75) is 25.9 Å². The van der Waals surface area contributed by atoms with E-state index in [0.717, 1.165) is 59.6 Å². The number of aryl methyl sites for hydroxylation is 1. The molecule has 0 unspecified atom stereocenters. The first kappa shape index (κ1) is 17.2. The molecule has 2 aromatic heterocycles. The van der Waals surface area contributed by atoms with Crippen LogP contribution in [0.15, 0.2) is 60.7 Å². The molecule has 1 fully saturated rings. The van der Waals surface area contributed by atoms with Gasteiger partial charge in [-0.25, -0.2) is 9.50 Å². The molecule has 1 aliphatic rings. The van der Waals surface area contributed by atoms with Gasteiger partial charge >= 0.3 is 0 Å². The van der Waals surface area contributed by atoms with Gasteiger partial charge in [-0.15, -0.1) is 0 Å². The number of nitrogens with zero attached hydrogens (tertiary/aromatic N) is 4. The van der Waals surface area contributed by atoms with E-state index in [-0.39, 0.29) is 5.92 Å². The molecule has 3 heterocycles. The number of hydrogen-bond donors (Lipinski definition) is 1. The minimum absolute atomic E-state index is 0.283. The summed E-state index contributed by atoms with van der Waals surface area (Å²) in [7, 11) is 0. The molecule has 0 spiro atoms. The molecule has 28 heavy (non-hydrogen) atoms. The first-order valence-corrected chi connectivity index (χ1v) is 9.94. The third kappa shape index (κ3) is 2.92. The van der Waals surface area contributed by atoms with Gasteiger partial charge in [0.25, 0.3) is 0 Å². The minimum Gasteiger partial charge on any atom is -0.388 e. The molecule has 0 amide bonds. The topological polar surface area (TPSA) is 53.7 Å². The fraction of sp³-hybridized carbons (Fsp3) is 0.304. The molecule has 0 radical (unpaired) electrons. The Hall–Kier alpha value is -2.92. The number of rotatable bonds is 3. The average Bonchev–Trinajstić information content (AvgIpc) is 3.14. The van der Waals surface area contributed by atoms with Gasteiger partial charge in [-0.1, -0.05) is 42.5 Å². The molecule has 5 rings (SSSR count). The molecule has 1 aliphatic heterocycles. The van der Waals surface area contributed by atoms with Crippen LogP contribution in [-0.4, -0.2) is 32.8 Å². The molecular weight excluding hydrogens is 348 g/mol. The first-order valence-electron chi connectivity index (χ1n) is 9.94. The highest BCUT2D eigenvalue weighted by molar-refractivity contribution is 5.91. The van der Waals surface area contributed by atoms with E-state index in [1.54, 1.807) is 0 Å². The number of benzene rings is 2. The molecule has 0 saturated carbocycles. The Kier molecular flexibility index (Phi) is 4.24. The highest BCUT2D eigenvalue weighted by Gasteiger charge is 2.27. The summed E-state index contributed by atoms with van der Waals surface area (Å²) in [5, 5.41) is 16.5. The molecule has 5 heteroatoms. The van der Waals surface area contributed by atoms with Crippen molar-refractivity contribution >= 4 is 22.4 Å². The fourth-order valence-electron chi connectivity index (χ4n) is 4.35. The van der Waals surface area contributed by atoms with E-state index in [9.17, 15) is 5.11 Å². The molecule has 142 valence electrons. The first-order chi connectivity index (χ1) is 13.7. The van der Waals surface area contributed by atoms with Gasteiger partial charge in [-0.2, -0.15) is 5.10 Å². The lowest BCUT2D eigenvalue weighted by Crippen LogP contribution is -2.36. The Labute approximate surface area is 164 Å². The zero-order valence-corrected chi connectivity index (χ0v) is 16.0. The molecule has 1 N–H and O–H groups in total. The van der Waals surface area contributed by atoms with Crippen molar-refractivity contribution in [2.24, 2.45) is 5.92 Å². The number of para-hydroxylation sites is 1. The van der Waals surface area contributed by atoms with E-state index in [1.807, 2.05) is 53.9 Å². The summed E-state index contributed by atoms with van der Waals surface area (Å²) >= 11 is 0. The van der Waals surface area contributed by atoms with Crippen LogP contribution in [0, 0.1) is 12.8 Å². The normalized spacial score (nSPS) is 16.7. The largest absolute Gasteiger partial charge is 0.388 e. The monoisotopic (exact) mass is 372 g/mol. The van der Waals surface area contributed by atoms with Gasteiger partial charge in [0, 0.05) is 24.5 Å². The van der Waals surface area contributed by atoms with Crippen molar-refractivity contribution in [2.75, 3.05) is 18.0 Å². The van der Waals surface area contributed by atoms with E-state index < -0.39 is 6.10 Å². The van der Waals surface area contributed by atoms with Crippen molar-refractivity contribution in [3.63, 3.8) is 0 Å².